The molecular formula is C17H25N3O. The molecule has 0 fully saturated rings. The van der Waals surface area contributed by atoms with E-state index in [4.69, 9.17) is 4.74 Å². The molecule has 0 radical (unpaired) electrons. The quantitative estimate of drug-likeness (QED) is 0.887. The van der Waals surface area contributed by atoms with Crippen LogP contribution < -0.4 is 10.1 Å². The number of para-hydroxylation sites is 1. The number of nitrogens with zero attached hydrogens (tertiary/aromatic N) is 2. The summed E-state index contributed by atoms with van der Waals surface area (Å²) in [4.78, 5) is 0. The van der Waals surface area contributed by atoms with E-state index in [1.165, 1.54) is 16.8 Å². The van der Waals surface area contributed by atoms with Gasteiger partial charge in [-0.05, 0) is 33.4 Å². The van der Waals surface area contributed by atoms with E-state index >= 15 is 0 Å². The number of aryl methyl sites for hydroxylation is 2. The van der Waals surface area contributed by atoms with Crippen LogP contribution in [-0.4, -0.2) is 22.9 Å². The van der Waals surface area contributed by atoms with Crippen molar-refractivity contribution in [2.75, 3.05) is 13.2 Å². The minimum Gasteiger partial charge on any atom is -0.494 e. The number of nitrogens with one attached hydrogen (secondary N) is 1. The van der Waals surface area contributed by atoms with E-state index < -0.39 is 0 Å². The second-order valence-electron chi connectivity index (χ2n) is 5.17. The summed E-state index contributed by atoms with van der Waals surface area (Å²) in [5.41, 5.74) is 4.66. The van der Waals surface area contributed by atoms with Gasteiger partial charge < -0.3 is 10.1 Å². The zero-order valence-electron chi connectivity index (χ0n) is 13.6. The number of aromatic nitrogens is 2. The van der Waals surface area contributed by atoms with Crippen LogP contribution in [0.4, 0.5) is 0 Å². The molecule has 2 aromatic rings. The first kappa shape index (κ1) is 15.6. The summed E-state index contributed by atoms with van der Waals surface area (Å²) in [5, 5.41) is 8.13. The molecule has 0 amide bonds. The van der Waals surface area contributed by atoms with Gasteiger partial charge >= 0.3 is 0 Å². The Balaban J connectivity index is 2.53. The second kappa shape index (κ2) is 6.76. The fourth-order valence-electron chi connectivity index (χ4n) is 2.79. The number of rotatable bonds is 6. The summed E-state index contributed by atoms with van der Waals surface area (Å²) in [6.45, 7) is 9.87. The molecule has 0 aliphatic rings. The third-order valence-electron chi connectivity index (χ3n) is 3.79. The van der Waals surface area contributed by atoms with Crippen LogP contribution in [-0.2, 0) is 7.05 Å². The van der Waals surface area contributed by atoms with E-state index in [-0.39, 0.29) is 6.04 Å². The second-order valence-corrected chi connectivity index (χ2v) is 5.17. The summed E-state index contributed by atoms with van der Waals surface area (Å²) >= 11 is 0. The maximum atomic E-state index is 5.81. The highest BCUT2D eigenvalue weighted by atomic mass is 16.5. The molecule has 0 saturated heterocycles. The number of hydrogen-bond donors (Lipinski definition) is 1. The van der Waals surface area contributed by atoms with Crippen LogP contribution in [0, 0.1) is 13.8 Å². The molecule has 1 aromatic heterocycles. The predicted molar refractivity (Wildman–Crippen MR) is 85.8 cm³/mol. The highest BCUT2D eigenvalue weighted by molar-refractivity contribution is 5.44. The Kier molecular flexibility index (Phi) is 5.02. The van der Waals surface area contributed by atoms with Gasteiger partial charge in [-0.1, -0.05) is 25.1 Å². The summed E-state index contributed by atoms with van der Waals surface area (Å²) in [7, 11) is 1.99. The highest BCUT2D eigenvalue weighted by Gasteiger charge is 2.23. The third kappa shape index (κ3) is 3.10. The first-order valence-electron chi connectivity index (χ1n) is 7.55. The van der Waals surface area contributed by atoms with Crippen molar-refractivity contribution < 1.29 is 4.74 Å². The van der Waals surface area contributed by atoms with Crippen molar-refractivity contribution >= 4 is 0 Å². The van der Waals surface area contributed by atoms with Crippen molar-refractivity contribution in [2.24, 2.45) is 7.05 Å². The van der Waals surface area contributed by atoms with Crippen LogP contribution in [0.1, 0.15) is 42.4 Å². The molecule has 1 N–H and O–H groups in total. The Morgan fingerprint density at radius 2 is 1.95 bits per heavy atom. The molecule has 21 heavy (non-hydrogen) atoms. The van der Waals surface area contributed by atoms with E-state index in [0.717, 1.165) is 18.0 Å². The van der Waals surface area contributed by atoms with Crippen molar-refractivity contribution in [3.8, 4) is 5.75 Å². The van der Waals surface area contributed by atoms with E-state index in [1.54, 1.807) is 0 Å². The largest absolute Gasteiger partial charge is 0.494 e. The summed E-state index contributed by atoms with van der Waals surface area (Å²) in [6, 6.07) is 8.34. The van der Waals surface area contributed by atoms with Crippen LogP contribution in [0.15, 0.2) is 24.3 Å². The smallest absolute Gasteiger partial charge is 0.124 e. The van der Waals surface area contributed by atoms with Crippen LogP contribution in [0.3, 0.4) is 0 Å². The van der Waals surface area contributed by atoms with Crippen LogP contribution in [0.5, 0.6) is 5.75 Å². The number of ether oxygens (including phenoxy) is 1. The SMILES string of the molecule is CCNC(c1ccccc1OCC)c1c(C)nn(C)c1C. The van der Waals surface area contributed by atoms with Crippen LogP contribution >= 0.6 is 0 Å². The van der Waals surface area contributed by atoms with Gasteiger partial charge in [-0.2, -0.15) is 5.10 Å². The maximum absolute atomic E-state index is 5.81. The highest BCUT2D eigenvalue weighted by Crippen LogP contribution is 2.33. The molecule has 0 spiro atoms. The first-order valence-corrected chi connectivity index (χ1v) is 7.55. The van der Waals surface area contributed by atoms with Crippen molar-refractivity contribution in [1.29, 1.82) is 0 Å². The average Bonchev–Trinajstić information content (AvgIpc) is 2.71. The molecule has 1 unspecified atom stereocenters. The van der Waals surface area contributed by atoms with E-state index in [0.29, 0.717) is 6.61 Å². The molecule has 4 nitrogen and oxygen atoms in total. The Hall–Kier alpha value is -1.81. The van der Waals surface area contributed by atoms with Crippen molar-refractivity contribution in [3.05, 3.63) is 46.8 Å². The van der Waals surface area contributed by atoms with Crippen molar-refractivity contribution in [1.82, 2.24) is 15.1 Å². The number of benzene rings is 1. The molecular weight excluding hydrogens is 262 g/mol. The molecule has 114 valence electrons. The molecule has 1 atom stereocenters. The van der Waals surface area contributed by atoms with Gasteiger partial charge in [0, 0.05) is 23.9 Å². The molecule has 1 aromatic carbocycles. The minimum absolute atomic E-state index is 0.103. The maximum Gasteiger partial charge on any atom is 0.124 e. The zero-order chi connectivity index (χ0) is 15.4. The third-order valence-corrected chi connectivity index (χ3v) is 3.79. The van der Waals surface area contributed by atoms with Gasteiger partial charge in [-0.15, -0.1) is 0 Å². The van der Waals surface area contributed by atoms with Gasteiger partial charge in [0.15, 0.2) is 0 Å². The number of hydrogen-bond acceptors (Lipinski definition) is 3. The minimum atomic E-state index is 0.103. The van der Waals surface area contributed by atoms with E-state index in [9.17, 15) is 0 Å². The monoisotopic (exact) mass is 287 g/mol. The first-order chi connectivity index (χ1) is 10.1. The Labute approximate surface area is 127 Å². The summed E-state index contributed by atoms with van der Waals surface area (Å²) < 4.78 is 7.75. The Morgan fingerprint density at radius 3 is 2.52 bits per heavy atom. The predicted octanol–water partition coefficient (Wildman–Crippen LogP) is 3.13. The topological polar surface area (TPSA) is 39.1 Å². The standard InChI is InChI=1S/C17H25N3O/c1-6-18-17(16-12(3)19-20(5)13(16)4)14-10-8-9-11-15(14)21-7-2/h8-11,17-18H,6-7H2,1-5H3. The van der Waals surface area contributed by atoms with Gasteiger partial charge in [0.2, 0.25) is 0 Å². The van der Waals surface area contributed by atoms with Crippen LogP contribution in [0.25, 0.3) is 0 Å². The van der Waals surface area contributed by atoms with E-state index in [2.05, 4.69) is 43.3 Å². The lowest BCUT2D eigenvalue weighted by Gasteiger charge is -2.22. The van der Waals surface area contributed by atoms with Crippen molar-refractivity contribution in [2.45, 2.75) is 33.7 Å². The van der Waals surface area contributed by atoms with Crippen LogP contribution in [0.2, 0.25) is 0 Å². The molecule has 2 rings (SSSR count). The molecule has 4 heteroatoms. The Morgan fingerprint density at radius 1 is 1.24 bits per heavy atom. The lowest BCUT2D eigenvalue weighted by Crippen LogP contribution is -2.24. The van der Waals surface area contributed by atoms with E-state index in [1.807, 2.05) is 30.8 Å². The van der Waals surface area contributed by atoms with Gasteiger partial charge in [0.1, 0.15) is 5.75 Å². The van der Waals surface area contributed by atoms with Gasteiger partial charge in [0.05, 0.1) is 18.3 Å². The lowest BCUT2D eigenvalue weighted by atomic mass is 9.96. The summed E-state index contributed by atoms with van der Waals surface area (Å²) in [5.74, 6) is 0.939. The van der Waals surface area contributed by atoms with Gasteiger partial charge in [0.25, 0.3) is 0 Å². The molecule has 0 saturated carbocycles. The fourth-order valence-corrected chi connectivity index (χ4v) is 2.79. The molecule has 1 heterocycles. The fraction of sp³-hybridized carbons (Fsp3) is 0.471. The van der Waals surface area contributed by atoms with Crippen molar-refractivity contribution in [3.63, 3.8) is 0 Å². The molecule has 0 aliphatic carbocycles. The molecule has 0 bridgehead atoms. The van der Waals surface area contributed by atoms with Gasteiger partial charge in [-0.3, -0.25) is 4.68 Å². The Bertz CT molecular complexity index is 604. The normalized spacial score (nSPS) is 12.4. The molecule has 0 aliphatic heterocycles. The zero-order valence-corrected chi connectivity index (χ0v) is 13.6. The van der Waals surface area contributed by atoms with Gasteiger partial charge in [-0.25, -0.2) is 0 Å². The average molecular weight is 287 g/mol. The summed E-state index contributed by atoms with van der Waals surface area (Å²) in [6.07, 6.45) is 0. The lowest BCUT2D eigenvalue weighted by molar-refractivity contribution is 0.333.